The lowest BCUT2D eigenvalue weighted by atomic mass is 10.00. The second-order valence-electron chi connectivity index (χ2n) is 7.80. The molecular weight excluding hydrogens is 476 g/mol. The highest BCUT2D eigenvalue weighted by molar-refractivity contribution is 8.18. The molecule has 7 nitrogen and oxygen atoms in total. The molecule has 2 heterocycles. The van der Waals surface area contributed by atoms with Crippen LogP contribution in [0.5, 0.6) is 11.5 Å². The van der Waals surface area contributed by atoms with Crippen LogP contribution >= 0.6 is 23.4 Å². The van der Waals surface area contributed by atoms with Gasteiger partial charge in [0.15, 0.2) is 11.5 Å². The molecule has 0 aliphatic carbocycles. The molecule has 0 bridgehead atoms. The second kappa shape index (κ2) is 10.5. The van der Waals surface area contributed by atoms with Crippen LogP contribution in [0.25, 0.3) is 6.08 Å². The minimum absolute atomic E-state index is 0.226. The zero-order chi connectivity index (χ0) is 24.2. The molecule has 0 saturated carbocycles. The Bertz CT molecular complexity index is 1170. The van der Waals surface area contributed by atoms with Gasteiger partial charge in [0, 0.05) is 13.1 Å². The average Bonchev–Trinajstić information content (AvgIpc) is 3.08. The number of thioether (sulfide) groups is 1. The van der Waals surface area contributed by atoms with Crippen LogP contribution in [0.1, 0.15) is 30.5 Å². The third-order valence-electron chi connectivity index (χ3n) is 5.57. The van der Waals surface area contributed by atoms with Crippen molar-refractivity contribution in [1.29, 1.82) is 0 Å². The molecule has 2 aromatic rings. The van der Waals surface area contributed by atoms with E-state index in [1.165, 1.54) is 5.56 Å². The molecule has 4 rings (SSSR count). The smallest absolute Gasteiger partial charge is 0.294 e. The Morgan fingerprint density at radius 3 is 2.59 bits per heavy atom. The predicted molar refractivity (Wildman–Crippen MR) is 132 cm³/mol. The number of carbonyl (C=O) groups excluding carboxylic acids is 3. The Kier molecular flexibility index (Phi) is 7.48. The van der Waals surface area contributed by atoms with Gasteiger partial charge in [-0.25, -0.2) is 0 Å². The van der Waals surface area contributed by atoms with Gasteiger partial charge in [0.25, 0.3) is 11.1 Å². The summed E-state index contributed by atoms with van der Waals surface area (Å²) in [6.45, 7) is 5.30. The van der Waals surface area contributed by atoms with E-state index >= 15 is 0 Å². The van der Waals surface area contributed by atoms with Gasteiger partial charge in [-0.2, -0.15) is 0 Å². The summed E-state index contributed by atoms with van der Waals surface area (Å²) in [6.07, 6.45) is 2.33. The molecule has 34 heavy (non-hydrogen) atoms. The van der Waals surface area contributed by atoms with Gasteiger partial charge in [-0.1, -0.05) is 35.9 Å². The largest absolute Gasteiger partial charge is 0.490 e. The SMILES string of the molecule is CCOc1cc(/C=C2/SC(=O)N(CC(=O)N3CCc4ccccc4C3)C2=O)cc(Cl)c1OCC. The van der Waals surface area contributed by atoms with Crippen molar-refractivity contribution in [3.8, 4) is 11.5 Å². The van der Waals surface area contributed by atoms with Crippen LogP contribution < -0.4 is 9.47 Å². The first-order chi connectivity index (χ1) is 16.4. The molecule has 9 heteroatoms. The molecule has 1 saturated heterocycles. The normalized spacial score (nSPS) is 16.7. The number of amides is 3. The second-order valence-corrected chi connectivity index (χ2v) is 9.20. The van der Waals surface area contributed by atoms with Crippen molar-refractivity contribution in [3.05, 3.63) is 63.0 Å². The van der Waals surface area contributed by atoms with Crippen LogP contribution in [0.2, 0.25) is 5.02 Å². The van der Waals surface area contributed by atoms with Crippen molar-refractivity contribution in [3.63, 3.8) is 0 Å². The van der Waals surface area contributed by atoms with E-state index in [1.807, 2.05) is 32.0 Å². The predicted octanol–water partition coefficient (Wildman–Crippen LogP) is 4.76. The molecule has 0 unspecified atom stereocenters. The lowest BCUT2D eigenvalue weighted by Gasteiger charge is -2.29. The standard InChI is InChI=1S/C25H25ClN2O5S/c1-3-32-20-12-16(11-19(26)23(20)33-4-2)13-21-24(30)28(25(31)34-21)15-22(29)27-10-9-17-7-5-6-8-18(17)14-27/h5-8,11-13H,3-4,9-10,14-15H2,1-2H3/b21-13+. The molecule has 1 fully saturated rings. The van der Waals surface area contributed by atoms with Gasteiger partial charge in [-0.3, -0.25) is 19.3 Å². The molecule has 178 valence electrons. The van der Waals surface area contributed by atoms with E-state index in [9.17, 15) is 14.4 Å². The van der Waals surface area contributed by atoms with Crippen LogP contribution in [0, 0.1) is 0 Å². The molecule has 0 radical (unpaired) electrons. The summed E-state index contributed by atoms with van der Waals surface area (Å²) < 4.78 is 11.2. The van der Waals surface area contributed by atoms with Crippen LogP contribution in [-0.4, -0.2) is 53.2 Å². The summed E-state index contributed by atoms with van der Waals surface area (Å²) >= 11 is 7.17. The maximum atomic E-state index is 13.0. The van der Waals surface area contributed by atoms with Gasteiger partial charge >= 0.3 is 0 Å². The van der Waals surface area contributed by atoms with E-state index in [-0.39, 0.29) is 17.4 Å². The first-order valence-electron chi connectivity index (χ1n) is 11.1. The third-order valence-corrected chi connectivity index (χ3v) is 6.76. The van der Waals surface area contributed by atoms with Crippen LogP contribution in [0.4, 0.5) is 4.79 Å². The number of carbonyl (C=O) groups is 3. The first-order valence-corrected chi connectivity index (χ1v) is 12.3. The highest BCUT2D eigenvalue weighted by atomic mass is 35.5. The number of fused-ring (bicyclic) bond motifs is 1. The van der Waals surface area contributed by atoms with Crippen molar-refractivity contribution in [2.75, 3.05) is 26.3 Å². The fourth-order valence-corrected chi connectivity index (χ4v) is 5.06. The molecular formula is C25H25ClN2O5S. The van der Waals surface area contributed by atoms with E-state index < -0.39 is 11.1 Å². The van der Waals surface area contributed by atoms with Crippen molar-refractivity contribution in [1.82, 2.24) is 9.80 Å². The fraction of sp³-hybridized carbons (Fsp3) is 0.320. The lowest BCUT2D eigenvalue weighted by Crippen LogP contribution is -2.44. The van der Waals surface area contributed by atoms with Gasteiger partial charge in [0.05, 0.1) is 23.1 Å². The summed E-state index contributed by atoms with van der Waals surface area (Å²) in [4.78, 5) is 41.3. The Labute approximate surface area is 207 Å². The zero-order valence-electron chi connectivity index (χ0n) is 19.0. The summed E-state index contributed by atoms with van der Waals surface area (Å²) in [5, 5.41) is -0.122. The minimum Gasteiger partial charge on any atom is -0.490 e. The maximum Gasteiger partial charge on any atom is 0.294 e. The van der Waals surface area contributed by atoms with Gasteiger partial charge in [0.1, 0.15) is 6.54 Å². The number of nitrogens with zero attached hydrogens (tertiary/aromatic N) is 2. The highest BCUT2D eigenvalue weighted by Gasteiger charge is 2.37. The van der Waals surface area contributed by atoms with Gasteiger partial charge in [-0.15, -0.1) is 0 Å². The molecule has 3 amide bonds. The fourth-order valence-electron chi connectivity index (χ4n) is 3.95. The molecule has 0 N–H and O–H groups in total. The Hall–Kier alpha value is -2.97. The molecule has 2 aromatic carbocycles. The number of rotatable bonds is 7. The number of hydrogen-bond donors (Lipinski definition) is 0. The summed E-state index contributed by atoms with van der Waals surface area (Å²) in [7, 11) is 0. The monoisotopic (exact) mass is 500 g/mol. The molecule has 2 aliphatic rings. The Balaban J connectivity index is 1.49. The zero-order valence-corrected chi connectivity index (χ0v) is 20.6. The van der Waals surface area contributed by atoms with Gasteiger partial charge in [0.2, 0.25) is 5.91 Å². The molecule has 0 aromatic heterocycles. The van der Waals surface area contributed by atoms with E-state index in [1.54, 1.807) is 23.1 Å². The maximum absolute atomic E-state index is 13.0. The van der Waals surface area contributed by atoms with Crippen LogP contribution in [0.3, 0.4) is 0 Å². The van der Waals surface area contributed by atoms with Crippen LogP contribution in [0.15, 0.2) is 41.3 Å². The minimum atomic E-state index is -0.497. The molecule has 0 atom stereocenters. The van der Waals surface area contributed by atoms with E-state index in [4.69, 9.17) is 21.1 Å². The van der Waals surface area contributed by atoms with Crippen molar-refractivity contribution >= 4 is 46.5 Å². The third kappa shape index (κ3) is 5.08. The lowest BCUT2D eigenvalue weighted by molar-refractivity contribution is -0.136. The molecule has 0 spiro atoms. The Morgan fingerprint density at radius 1 is 1.12 bits per heavy atom. The van der Waals surface area contributed by atoms with Crippen molar-refractivity contribution in [2.24, 2.45) is 0 Å². The van der Waals surface area contributed by atoms with Gasteiger partial charge < -0.3 is 14.4 Å². The van der Waals surface area contributed by atoms with E-state index in [2.05, 4.69) is 6.07 Å². The number of ether oxygens (including phenoxy) is 2. The van der Waals surface area contributed by atoms with Crippen molar-refractivity contribution < 1.29 is 23.9 Å². The van der Waals surface area contributed by atoms with E-state index in [0.29, 0.717) is 48.4 Å². The summed E-state index contributed by atoms with van der Waals surface area (Å²) in [5.74, 6) is 0.150. The topological polar surface area (TPSA) is 76.2 Å². The first kappa shape index (κ1) is 24.2. The average molecular weight is 501 g/mol. The number of benzene rings is 2. The number of imide groups is 1. The summed E-state index contributed by atoms with van der Waals surface area (Å²) in [6, 6.07) is 11.3. The van der Waals surface area contributed by atoms with Crippen LogP contribution in [-0.2, 0) is 22.6 Å². The Morgan fingerprint density at radius 2 is 1.85 bits per heavy atom. The number of hydrogen-bond acceptors (Lipinski definition) is 6. The number of halogens is 1. The highest BCUT2D eigenvalue weighted by Crippen LogP contribution is 2.39. The van der Waals surface area contributed by atoms with Gasteiger partial charge in [-0.05, 0) is 66.9 Å². The van der Waals surface area contributed by atoms with Crippen molar-refractivity contribution in [2.45, 2.75) is 26.8 Å². The quantitative estimate of drug-likeness (QED) is 0.510. The molecule has 2 aliphatic heterocycles. The van der Waals surface area contributed by atoms with E-state index in [0.717, 1.165) is 28.6 Å². The summed E-state index contributed by atoms with van der Waals surface area (Å²) in [5.41, 5.74) is 2.91.